The van der Waals surface area contributed by atoms with Gasteiger partial charge in [0.25, 0.3) is 0 Å². The van der Waals surface area contributed by atoms with Gasteiger partial charge in [-0.05, 0) is 38.3 Å². The van der Waals surface area contributed by atoms with Crippen LogP contribution in [0, 0.1) is 0 Å². The number of methoxy groups -OCH3 is 1. The van der Waals surface area contributed by atoms with Crippen LogP contribution in [0.1, 0.15) is 24.8 Å². The average molecular weight is 304 g/mol. The van der Waals surface area contributed by atoms with E-state index < -0.39 is 6.04 Å². The predicted octanol–water partition coefficient (Wildman–Crippen LogP) is 1.37. The van der Waals surface area contributed by atoms with Gasteiger partial charge in [-0.1, -0.05) is 30.3 Å². The van der Waals surface area contributed by atoms with Crippen LogP contribution in [-0.4, -0.2) is 49.6 Å². The lowest BCUT2D eigenvalue weighted by molar-refractivity contribution is -0.151. The summed E-state index contributed by atoms with van der Waals surface area (Å²) in [6.45, 7) is 0.627. The van der Waals surface area contributed by atoms with Crippen LogP contribution >= 0.6 is 0 Å². The Morgan fingerprint density at radius 1 is 1.36 bits per heavy atom. The molecule has 0 radical (unpaired) electrons. The summed E-state index contributed by atoms with van der Waals surface area (Å²) in [5.41, 5.74) is 1.21. The number of likely N-dealkylation sites (tertiary alicyclic amines) is 1. The van der Waals surface area contributed by atoms with E-state index in [1.54, 1.807) is 11.9 Å². The van der Waals surface area contributed by atoms with Crippen molar-refractivity contribution in [2.75, 3.05) is 20.7 Å². The van der Waals surface area contributed by atoms with Gasteiger partial charge in [0, 0.05) is 6.54 Å². The van der Waals surface area contributed by atoms with Gasteiger partial charge in [-0.2, -0.15) is 0 Å². The van der Waals surface area contributed by atoms with Crippen LogP contribution in [0.25, 0.3) is 0 Å². The van der Waals surface area contributed by atoms with E-state index in [0.717, 1.165) is 12.8 Å². The van der Waals surface area contributed by atoms with Gasteiger partial charge < -0.3 is 15.0 Å². The standard InChI is InChI=1S/C17H24N2O3/c1-18-14(11-10-13-7-4-3-5-8-13)16(20)19-12-6-9-15(19)17(21)22-2/h3-5,7-8,14-15,18H,6,9-12H2,1-2H3/t14-,15+/m1/s1. The number of benzene rings is 1. The minimum absolute atomic E-state index is 0.00803. The van der Waals surface area contributed by atoms with Crippen LogP contribution in [0.3, 0.4) is 0 Å². The quantitative estimate of drug-likeness (QED) is 0.807. The maximum atomic E-state index is 12.7. The third-order valence-corrected chi connectivity index (χ3v) is 4.22. The Hall–Kier alpha value is -1.88. The van der Waals surface area contributed by atoms with E-state index in [2.05, 4.69) is 17.4 Å². The molecule has 1 aliphatic rings. The maximum Gasteiger partial charge on any atom is 0.328 e. The number of nitrogens with one attached hydrogen (secondary N) is 1. The molecule has 5 heteroatoms. The van der Waals surface area contributed by atoms with Crippen LogP contribution in [0.4, 0.5) is 0 Å². The number of nitrogens with zero attached hydrogens (tertiary/aromatic N) is 1. The summed E-state index contributed by atoms with van der Waals surface area (Å²) in [6.07, 6.45) is 3.08. The third-order valence-electron chi connectivity index (χ3n) is 4.22. The number of aryl methyl sites for hydroxylation is 1. The summed E-state index contributed by atoms with van der Waals surface area (Å²) in [4.78, 5) is 26.1. The molecule has 1 aliphatic heterocycles. The molecule has 1 amide bonds. The second kappa shape index (κ2) is 7.94. The Morgan fingerprint density at radius 2 is 2.09 bits per heavy atom. The molecule has 22 heavy (non-hydrogen) atoms. The number of amides is 1. The van der Waals surface area contributed by atoms with Crippen molar-refractivity contribution in [1.82, 2.24) is 10.2 Å². The Bertz CT molecular complexity index is 504. The first-order chi connectivity index (χ1) is 10.7. The highest BCUT2D eigenvalue weighted by Gasteiger charge is 2.37. The smallest absolute Gasteiger partial charge is 0.328 e. The molecule has 120 valence electrons. The molecule has 5 nitrogen and oxygen atoms in total. The van der Waals surface area contributed by atoms with E-state index in [1.807, 2.05) is 18.2 Å². The van der Waals surface area contributed by atoms with E-state index >= 15 is 0 Å². The molecular formula is C17H24N2O3. The second-order valence-electron chi connectivity index (χ2n) is 5.58. The van der Waals surface area contributed by atoms with Crippen molar-refractivity contribution in [3.8, 4) is 0 Å². The van der Waals surface area contributed by atoms with Crippen molar-refractivity contribution >= 4 is 11.9 Å². The number of hydrogen-bond donors (Lipinski definition) is 1. The number of ether oxygens (including phenoxy) is 1. The molecule has 1 saturated heterocycles. The number of hydrogen-bond acceptors (Lipinski definition) is 4. The van der Waals surface area contributed by atoms with Gasteiger partial charge in [0.05, 0.1) is 13.2 Å². The third kappa shape index (κ3) is 3.85. The van der Waals surface area contributed by atoms with Gasteiger partial charge in [-0.3, -0.25) is 4.79 Å². The topological polar surface area (TPSA) is 58.6 Å². The number of likely N-dealkylation sites (N-methyl/N-ethyl adjacent to an activating group) is 1. The van der Waals surface area contributed by atoms with Crippen LogP contribution in [-0.2, 0) is 20.7 Å². The zero-order valence-electron chi connectivity index (χ0n) is 13.2. The van der Waals surface area contributed by atoms with E-state index in [1.165, 1.54) is 12.7 Å². The number of carbonyl (C=O) groups is 2. The van der Waals surface area contributed by atoms with Crippen LogP contribution in [0.2, 0.25) is 0 Å². The van der Waals surface area contributed by atoms with E-state index in [4.69, 9.17) is 4.74 Å². The van der Waals surface area contributed by atoms with Gasteiger partial charge in [0.15, 0.2) is 0 Å². The lowest BCUT2D eigenvalue weighted by atomic mass is 10.0. The maximum absolute atomic E-state index is 12.7. The Balaban J connectivity index is 1.97. The molecule has 1 N–H and O–H groups in total. The van der Waals surface area contributed by atoms with Crippen molar-refractivity contribution in [2.45, 2.75) is 37.8 Å². The SMILES string of the molecule is CN[C@H](CCc1ccccc1)C(=O)N1CCC[C@H]1C(=O)OC. The van der Waals surface area contributed by atoms with Gasteiger partial charge in [-0.25, -0.2) is 4.79 Å². The molecule has 2 atom stereocenters. The Morgan fingerprint density at radius 3 is 2.73 bits per heavy atom. The van der Waals surface area contributed by atoms with Gasteiger partial charge >= 0.3 is 5.97 Å². The molecule has 0 aromatic heterocycles. The monoisotopic (exact) mass is 304 g/mol. The minimum atomic E-state index is -0.426. The zero-order chi connectivity index (χ0) is 15.9. The highest BCUT2D eigenvalue weighted by Crippen LogP contribution is 2.20. The van der Waals surface area contributed by atoms with Crippen molar-refractivity contribution in [3.05, 3.63) is 35.9 Å². The fourth-order valence-electron chi connectivity index (χ4n) is 2.96. The van der Waals surface area contributed by atoms with Gasteiger partial charge in [0.1, 0.15) is 6.04 Å². The van der Waals surface area contributed by atoms with E-state index in [9.17, 15) is 9.59 Å². The fourth-order valence-corrected chi connectivity index (χ4v) is 2.96. The molecule has 1 aromatic carbocycles. The van der Waals surface area contributed by atoms with E-state index in [-0.39, 0.29) is 17.9 Å². The summed E-state index contributed by atoms with van der Waals surface area (Å²) < 4.78 is 4.80. The molecule has 1 heterocycles. The molecule has 1 aromatic rings. The van der Waals surface area contributed by atoms with E-state index in [0.29, 0.717) is 19.4 Å². The first-order valence-corrected chi connectivity index (χ1v) is 7.77. The first-order valence-electron chi connectivity index (χ1n) is 7.77. The summed E-state index contributed by atoms with van der Waals surface area (Å²) in [5.74, 6) is -0.324. The number of carbonyl (C=O) groups excluding carboxylic acids is 2. The minimum Gasteiger partial charge on any atom is -0.467 e. The van der Waals surface area contributed by atoms with Crippen LogP contribution in [0.5, 0.6) is 0 Å². The largest absolute Gasteiger partial charge is 0.467 e. The summed E-state index contributed by atoms with van der Waals surface area (Å²) in [6, 6.07) is 9.40. The Kier molecular flexibility index (Phi) is 5.95. The molecule has 0 saturated carbocycles. The highest BCUT2D eigenvalue weighted by atomic mass is 16.5. The first kappa shape index (κ1) is 16.5. The van der Waals surface area contributed by atoms with Crippen molar-refractivity contribution in [1.29, 1.82) is 0 Å². The molecule has 0 bridgehead atoms. The Labute approximate surface area is 131 Å². The number of esters is 1. The van der Waals surface area contributed by atoms with Crippen LogP contribution in [0.15, 0.2) is 30.3 Å². The van der Waals surface area contributed by atoms with Crippen LogP contribution < -0.4 is 5.32 Å². The molecule has 0 spiro atoms. The number of rotatable bonds is 6. The average Bonchev–Trinajstić information content (AvgIpc) is 3.05. The normalized spacial score (nSPS) is 19.0. The summed E-state index contributed by atoms with van der Waals surface area (Å²) in [7, 11) is 3.16. The molecule has 1 fully saturated rings. The lowest BCUT2D eigenvalue weighted by Crippen LogP contribution is -2.49. The summed E-state index contributed by atoms with van der Waals surface area (Å²) >= 11 is 0. The highest BCUT2D eigenvalue weighted by molar-refractivity contribution is 5.88. The molecule has 2 rings (SSSR count). The second-order valence-corrected chi connectivity index (χ2v) is 5.58. The van der Waals surface area contributed by atoms with Crippen molar-refractivity contribution in [3.63, 3.8) is 0 Å². The molecule has 0 aliphatic carbocycles. The molecular weight excluding hydrogens is 280 g/mol. The fraction of sp³-hybridized carbons (Fsp3) is 0.529. The zero-order valence-corrected chi connectivity index (χ0v) is 13.2. The van der Waals surface area contributed by atoms with Crippen molar-refractivity contribution < 1.29 is 14.3 Å². The predicted molar refractivity (Wildman–Crippen MR) is 84.4 cm³/mol. The molecule has 0 unspecified atom stereocenters. The summed E-state index contributed by atoms with van der Waals surface area (Å²) in [5, 5.41) is 3.08. The lowest BCUT2D eigenvalue weighted by Gasteiger charge is -2.27. The van der Waals surface area contributed by atoms with Gasteiger partial charge in [-0.15, -0.1) is 0 Å². The van der Waals surface area contributed by atoms with Crippen molar-refractivity contribution in [2.24, 2.45) is 0 Å². The van der Waals surface area contributed by atoms with Gasteiger partial charge in [0.2, 0.25) is 5.91 Å².